The summed E-state index contributed by atoms with van der Waals surface area (Å²) < 4.78 is 0. The molecule has 2 heteroatoms. The highest BCUT2D eigenvalue weighted by Crippen LogP contribution is 2.24. The summed E-state index contributed by atoms with van der Waals surface area (Å²) in [4.78, 5) is 13.7. The van der Waals surface area contributed by atoms with E-state index in [4.69, 9.17) is 0 Å². The van der Waals surface area contributed by atoms with E-state index in [1.54, 1.807) is 0 Å². The van der Waals surface area contributed by atoms with E-state index in [2.05, 4.69) is 13.8 Å². The van der Waals surface area contributed by atoms with Crippen LogP contribution in [0.3, 0.4) is 0 Å². The van der Waals surface area contributed by atoms with Gasteiger partial charge in [-0.1, -0.05) is 27.7 Å². The summed E-state index contributed by atoms with van der Waals surface area (Å²) in [5, 5.41) is 0. The van der Waals surface area contributed by atoms with Crippen LogP contribution in [0.1, 0.15) is 40.5 Å². The number of rotatable bonds is 3. The van der Waals surface area contributed by atoms with Gasteiger partial charge in [0.05, 0.1) is 0 Å². The Morgan fingerprint density at radius 2 is 2.00 bits per heavy atom. The summed E-state index contributed by atoms with van der Waals surface area (Å²) in [6.07, 6.45) is 2.47. The van der Waals surface area contributed by atoms with Gasteiger partial charge in [-0.3, -0.25) is 4.79 Å². The summed E-state index contributed by atoms with van der Waals surface area (Å²) in [5.41, 5.74) is 0. The van der Waals surface area contributed by atoms with Crippen LogP contribution in [0.5, 0.6) is 0 Å². The van der Waals surface area contributed by atoms with Crippen molar-refractivity contribution in [3.63, 3.8) is 0 Å². The second kappa shape index (κ2) is 4.81. The van der Waals surface area contributed by atoms with E-state index in [-0.39, 0.29) is 5.92 Å². The fourth-order valence-corrected chi connectivity index (χ4v) is 2.26. The number of likely N-dealkylation sites (tertiary alicyclic amines) is 1. The minimum atomic E-state index is 0.160. The molecular weight excluding hydrogens is 174 g/mol. The van der Waals surface area contributed by atoms with E-state index < -0.39 is 0 Å². The first-order valence-electron chi connectivity index (χ1n) is 5.79. The lowest BCUT2D eigenvalue weighted by Gasteiger charge is -2.19. The molecule has 0 N–H and O–H groups in total. The van der Waals surface area contributed by atoms with Crippen molar-refractivity contribution in [3.05, 3.63) is 0 Å². The summed E-state index contributed by atoms with van der Waals surface area (Å²) >= 11 is 0. The molecule has 1 unspecified atom stereocenters. The van der Waals surface area contributed by atoms with Gasteiger partial charge in [0.2, 0.25) is 5.91 Å². The van der Waals surface area contributed by atoms with E-state index in [9.17, 15) is 4.79 Å². The molecule has 0 saturated carbocycles. The first-order chi connectivity index (χ1) is 6.50. The van der Waals surface area contributed by atoms with Crippen molar-refractivity contribution in [2.24, 2.45) is 17.8 Å². The van der Waals surface area contributed by atoms with Crippen LogP contribution >= 0.6 is 0 Å². The van der Waals surface area contributed by atoms with Crippen LogP contribution in [0.25, 0.3) is 0 Å². The Morgan fingerprint density at radius 1 is 1.36 bits per heavy atom. The molecule has 1 atom stereocenters. The molecule has 0 aliphatic carbocycles. The van der Waals surface area contributed by atoms with Crippen LogP contribution in [-0.2, 0) is 4.79 Å². The highest BCUT2D eigenvalue weighted by atomic mass is 16.2. The van der Waals surface area contributed by atoms with Gasteiger partial charge in [0, 0.05) is 19.0 Å². The molecule has 1 aliphatic heterocycles. The average Bonchev–Trinajstić information content (AvgIpc) is 2.50. The van der Waals surface area contributed by atoms with E-state index >= 15 is 0 Å². The van der Waals surface area contributed by atoms with Crippen molar-refractivity contribution in [3.8, 4) is 0 Å². The molecule has 14 heavy (non-hydrogen) atoms. The standard InChI is InChI=1S/C12H23NO/c1-9(2)7-11-5-6-13(8-11)12(14)10(3)4/h9-11H,5-8H2,1-4H3. The van der Waals surface area contributed by atoms with Gasteiger partial charge < -0.3 is 4.90 Å². The third-order valence-corrected chi connectivity index (χ3v) is 2.90. The lowest BCUT2D eigenvalue weighted by molar-refractivity contribution is -0.133. The zero-order valence-electron chi connectivity index (χ0n) is 9.92. The molecule has 1 rings (SSSR count). The van der Waals surface area contributed by atoms with Gasteiger partial charge in [0.25, 0.3) is 0 Å². The fraction of sp³-hybridized carbons (Fsp3) is 0.917. The Kier molecular flexibility index (Phi) is 3.97. The normalized spacial score (nSPS) is 22.4. The Hall–Kier alpha value is -0.530. The van der Waals surface area contributed by atoms with Gasteiger partial charge in [-0.05, 0) is 24.7 Å². The minimum Gasteiger partial charge on any atom is -0.342 e. The molecular formula is C12H23NO. The van der Waals surface area contributed by atoms with Gasteiger partial charge in [0.1, 0.15) is 0 Å². The second-order valence-electron chi connectivity index (χ2n) is 5.22. The third kappa shape index (κ3) is 3.00. The van der Waals surface area contributed by atoms with E-state index in [0.29, 0.717) is 5.91 Å². The lowest BCUT2D eigenvalue weighted by Crippen LogP contribution is -2.32. The maximum Gasteiger partial charge on any atom is 0.225 e. The van der Waals surface area contributed by atoms with Crippen molar-refractivity contribution in [1.82, 2.24) is 4.90 Å². The first kappa shape index (κ1) is 11.5. The number of amides is 1. The second-order valence-corrected chi connectivity index (χ2v) is 5.22. The van der Waals surface area contributed by atoms with E-state index in [1.165, 1.54) is 12.8 Å². The van der Waals surface area contributed by atoms with Crippen LogP contribution < -0.4 is 0 Å². The van der Waals surface area contributed by atoms with Crippen molar-refractivity contribution in [2.75, 3.05) is 13.1 Å². The molecule has 1 fully saturated rings. The first-order valence-corrected chi connectivity index (χ1v) is 5.79. The van der Waals surface area contributed by atoms with Crippen LogP contribution in [0.4, 0.5) is 0 Å². The van der Waals surface area contributed by atoms with Crippen LogP contribution in [-0.4, -0.2) is 23.9 Å². The minimum absolute atomic E-state index is 0.160. The summed E-state index contributed by atoms with van der Waals surface area (Å²) in [5.74, 6) is 2.00. The van der Waals surface area contributed by atoms with E-state index in [0.717, 1.165) is 24.9 Å². The van der Waals surface area contributed by atoms with Crippen LogP contribution in [0, 0.1) is 17.8 Å². The van der Waals surface area contributed by atoms with Gasteiger partial charge in [-0.15, -0.1) is 0 Å². The number of nitrogens with zero attached hydrogens (tertiary/aromatic N) is 1. The van der Waals surface area contributed by atoms with Crippen molar-refractivity contribution in [2.45, 2.75) is 40.5 Å². The maximum absolute atomic E-state index is 11.7. The maximum atomic E-state index is 11.7. The van der Waals surface area contributed by atoms with E-state index in [1.807, 2.05) is 18.7 Å². The summed E-state index contributed by atoms with van der Waals surface area (Å²) in [7, 11) is 0. The highest BCUT2D eigenvalue weighted by Gasteiger charge is 2.27. The molecule has 0 radical (unpaired) electrons. The van der Waals surface area contributed by atoms with Gasteiger partial charge in [-0.25, -0.2) is 0 Å². The Morgan fingerprint density at radius 3 is 2.50 bits per heavy atom. The molecule has 1 saturated heterocycles. The zero-order chi connectivity index (χ0) is 10.7. The number of carbonyl (C=O) groups is 1. The molecule has 1 heterocycles. The molecule has 0 spiro atoms. The zero-order valence-corrected chi connectivity index (χ0v) is 9.92. The average molecular weight is 197 g/mol. The summed E-state index contributed by atoms with van der Waals surface area (Å²) in [6.45, 7) is 10.5. The largest absolute Gasteiger partial charge is 0.342 e. The third-order valence-electron chi connectivity index (χ3n) is 2.90. The quantitative estimate of drug-likeness (QED) is 0.681. The summed E-state index contributed by atoms with van der Waals surface area (Å²) in [6, 6.07) is 0. The molecule has 1 aliphatic rings. The number of hydrogen-bond acceptors (Lipinski definition) is 1. The van der Waals surface area contributed by atoms with Crippen LogP contribution in [0.15, 0.2) is 0 Å². The van der Waals surface area contributed by atoms with Crippen molar-refractivity contribution in [1.29, 1.82) is 0 Å². The van der Waals surface area contributed by atoms with Crippen molar-refractivity contribution >= 4 is 5.91 Å². The molecule has 0 aromatic rings. The Bertz CT molecular complexity index is 198. The predicted molar refractivity (Wildman–Crippen MR) is 59.0 cm³/mol. The molecule has 82 valence electrons. The molecule has 0 bridgehead atoms. The number of hydrogen-bond donors (Lipinski definition) is 0. The Labute approximate surface area is 87.7 Å². The smallest absolute Gasteiger partial charge is 0.225 e. The van der Waals surface area contributed by atoms with Crippen LogP contribution in [0.2, 0.25) is 0 Å². The number of carbonyl (C=O) groups excluding carboxylic acids is 1. The van der Waals surface area contributed by atoms with Gasteiger partial charge in [-0.2, -0.15) is 0 Å². The van der Waals surface area contributed by atoms with Gasteiger partial charge in [0.15, 0.2) is 0 Å². The topological polar surface area (TPSA) is 20.3 Å². The van der Waals surface area contributed by atoms with Gasteiger partial charge >= 0.3 is 0 Å². The molecule has 2 nitrogen and oxygen atoms in total. The highest BCUT2D eigenvalue weighted by molar-refractivity contribution is 5.78. The Balaban J connectivity index is 2.37. The predicted octanol–water partition coefficient (Wildman–Crippen LogP) is 2.54. The molecule has 0 aromatic heterocycles. The monoisotopic (exact) mass is 197 g/mol. The molecule has 1 amide bonds. The SMILES string of the molecule is CC(C)CC1CCN(C(=O)C(C)C)C1. The fourth-order valence-electron chi connectivity index (χ4n) is 2.26. The van der Waals surface area contributed by atoms with Crippen molar-refractivity contribution < 1.29 is 4.79 Å². The lowest BCUT2D eigenvalue weighted by atomic mass is 9.97. The molecule has 0 aromatic carbocycles.